The predicted octanol–water partition coefficient (Wildman–Crippen LogP) is 3.09. The summed E-state index contributed by atoms with van der Waals surface area (Å²) in [6.45, 7) is 4.23. The number of hydrogen-bond acceptors (Lipinski definition) is 6. The molecule has 0 aliphatic carbocycles. The molecule has 1 heterocycles. The van der Waals surface area contributed by atoms with Crippen molar-refractivity contribution in [1.82, 2.24) is 20.2 Å². The van der Waals surface area contributed by atoms with Gasteiger partial charge in [0, 0.05) is 11.3 Å². The third kappa shape index (κ3) is 5.12. The molecular formula is C19H21FN4O2S. The van der Waals surface area contributed by atoms with Gasteiger partial charge in [-0.25, -0.2) is 4.39 Å². The minimum atomic E-state index is -0.717. The van der Waals surface area contributed by atoms with Crippen LogP contribution in [0.15, 0.2) is 47.6 Å². The monoisotopic (exact) mass is 388 g/mol. The summed E-state index contributed by atoms with van der Waals surface area (Å²) in [4.78, 5) is 0. The van der Waals surface area contributed by atoms with Crippen molar-refractivity contribution in [2.45, 2.75) is 31.7 Å². The van der Waals surface area contributed by atoms with E-state index in [1.807, 2.05) is 32.0 Å². The van der Waals surface area contributed by atoms with Crippen molar-refractivity contribution < 1.29 is 14.2 Å². The smallest absolute Gasteiger partial charge is 0.214 e. The summed E-state index contributed by atoms with van der Waals surface area (Å²) in [5, 5.41) is 22.6. The third-order valence-electron chi connectivity index (χ3n) is 3.96. The standard InChI is InChI=1S/C19H21FN4O2S/c1-13-7-8-14(2)18(9-13)24-19(21-22-23-24)27-12-16(25)11-26-10-15-5-3-4-6-17(15)20/h3-9,16,25H,10-12H2,1-2H3/t16-/m1/s1. The van der Waals surface area contributed by atoms with E-state index < -0.39 is 6.10 Å². The average Bonchev–Trinajstić information content (AvgIpc) is 3.12. The van der Waals surface area contributed by atoms with E-state index in [-0.39, 0.29) is 19.0 Å². The predicted molar refractivity (Wildman–Crippen MR) is 101 cm³/mol. The second-order valence-corrected chi connectivity index (χ2v) is 7.22. The Labute approximate surface area is 161 Å². The molecule has 2 aromatic carbocycles. The zero-order valence-electron chi connectivity index (χ0n) is 15.2. The number of halogens is 1. The molecule has 0 unspecified atom stereocenters. The van der Waals surface area contributed by atoms with Crippen LogP contribution in [0.5, 0.6) is 0 Å². The van der Waals surface area contributed by atoms with Crippen LogP contribution in [0.3, 0.4) is 0 Å². The van der Waals surface area contributed by atoms with Gasteiger partial charge in [-0.15, -0.1) is 5.10 Å². The first-order chi connectivity index (χ1) is 13.0. The van der Waals surface area contributed by atoms with Crippen LogP contribution in [0.1, 0.15) is 16.7 Å². The highest BCUT2D eigenvalue weighted by Gasteiger charge is 2.14. The molecule has 3 aromatic rings. The lowest BCUT2D eigenvalue weighted by Gasteiger charge is -2.12. The maximum absolute atomic E-state index is 13.5. The molecule has 8 heteroatoms. The number of aliphatic hydroxyl groups is 1. The Kier molecular flexibility index (Phi) is 6.54. The lowest BCUT2D eigenvalue weighted by Crippen LogP contribution is -2.18. The topological polar surface area (TPSA) is 73.1 Å². The molecule has 0 saturated carbocycles. The van der Waals surface area contributed by atoms with Gasteiger partial charge in [0.2, 0.25) is 5.16 Å². The molecule has 0 radical (unpaired) electrons. The Morgan fingerprint density at radius 3 is 2.85 bits per heavy atom. The van der Waals surface area contributed by atoms with Crippen molar-refractivity contribution in [1.29, 1.82) is 0 Å². The van der Waals surface area contributed by atoms with E-state index in [1.165, 1.54) is 17.8 Å². The molecule has 142 valence electrons. The quantitative estimate of drug-likeness (QED) is 0.598. The van der Waals surface area contributed by atoms with Gasteiger partial charge in [0.25, 0.3) is 0 Å². The average molecular weight is 388 g/mol. The Balaban J connectivity index is 1.54. The minimum Gasteiger partial charge on any atom is -0.390 e. The second-order valence-electron chi connectivity index (χ2n) is 6.23. The SMILES string of the molecule is Cc1ccc(C)c(-n2nnnc2SC[C@H](O)COCc2ccccc2F)c1. The van der Waals surface area contributed by atoms with Gasteiger partial charge in [0.05, 0.1) is 25.0 Å². The first kappa shape index (κ1) is 19.5. The first-order valence-electron chi connectivity index (χ1n) is 8.52. The number of ether oxygens (including phenoxy) is 1. The molecule has 0 spiro atoms. The van der Waals surface area contributed by atoms with Crippen LogP contribution in [0, 0.1) is 19.7 Å². The summed E-state index contributed by atoms with van der Waals surface area (Å²) in [7, 11) is 0. The van der Waals surface area contributed by atoms with E-state index in [2.05, 4.69) is 15.5 Å². The molecular weight excluding hydrogens is 367 g/mol. The van der Waals surface area contributed by atoms with Crippen LogP contribution < -0.4 is 0 Å². The number of aryl methyl sites for hydroxylation is 2. The highest BCUT2D eigenvalue weighted by atomic mass is 32.2. The summed E-state index contributed by atoms with van der Waals surface area (Å²) in [5.74, 6) is 0.0525. The molecule has 1 N–H and O–H groups in total. The summed E-state index contributed by atoms with van der Waals surface area (Å²) in [5.41, 5.74) is 3.55. The Morgan fingerprint density at radius 2 is 2.04 bits per heavy atom. The lowest BCUT2D eigenvalue weighted by atomic mass is 10.1. The van der Waals surface area contributed by atoms with Crippen molar-refractivity contribution in [2.24, 2.45) is 0 Å². The number of aliphatic hydroxyl groups excluding tert-OH is 1. The van der Waals surface area contributed by atoms with E-state index in [9.17, 15) is 9.50 Å². The summed E-state index contributed by atoms with van der Waals surface area (Å²) in [6.07, 6.45) is -0.717. The molecule has 1 aromatic heterocycles. The van der Waals surface area contributed by atoms with Gasteiger partial charge in [-0.3, -0.25) is 0 Å². The normalized spacial score (nSPS) is 12.3. The number of aromatic nitrogens is 4. The molecule has 0 aliphatic heterocycles. The van der Waals surface area contributed by atoms with Crippen LogP contribution >= 0.6 is 11.8 Å². The maximum atomic E-state index is 13.5. The largest absolute Gasteiger partial charge is 0.390 e. The van der Waals surface area contributed by atoms with Gasteiger partial charge in [-0.2, -0.15) is 4.68 Å². The van der Waals surface area contributed by atoms with Gasteiger partial charge in [-0.1, -0.05) is 42.1 Å². The van der Waals surface area contributed by atoms with Crippen molar-refractivity contribution >= 4 is 11.8 Å². The molecule has 3 rings (SSSR count). The number of thioether (sulfide) groups is 1. The molecule has 0 fully saturated rings. The maximum Gasteiger partial charge on any atom is 0.214 e. The van der Waals surface area contributed by atoms with Crippen molar-refractivity contribution in [3.8, 4) is 5.69 Å². The molecule has 27 heavy (non-hydrogen) atoms. The van der Waals surface area contributed by atoms with E-state index >= 15 is 0 Å². The highest BCUT2D eigenvalue weighted by Crippen LogP contribution is 2.22. The van der Waals surface area contributed by atoms with Crippen molar-refractivity contribution in [3.05, 3.63) is 65.0 Å². The number of nitrogens with zero attached hydrogens (tertiary/aromatic N) is 4. The fraction of sp³-hybridized carbons (Fsp3) is 0.316. The van der Waals surface area contributed by atoms with Gasteiger partial charge in [0.1, 0.15) is 5.82 Å². The Morgan fingerprint density at radius 1 is 1.22 bits per heavy atom. The molecule has 0 amide bonds. The molecule has 6 nitrogen and oxygen atoms in total. The molecule has 0 bridgehead atoms. The summed E-state index contributed by atoms with van der Waals surface area (Å²) in [6, 6.07) is 12.5. The highest BCUT2D eigenvalue weighted by molar-refractivity contribution is 7.99. The van der Waals surface area contributed by atoms with Crippen LogP contribution in [0.2, 0.25) is 0 Å². The third-order valence-corrected chi connectivity index (χ3v) is 5.03. The van der Waals surface area contributed by atoms with Gasteiger partial charge in [-0.05, 0) is 47.5 Å². The number of hydrogen-bond donors (Lipinski definition) is 1. The van der Waals surface area contributed by atoms with Crippen LogP contribution in [-0.2, 0) is 11.3 Å². The first-order valence-corrected chi connectivity index (χ1v) is 9.51. The molecule has 0 saturated heterocycles. The number of rotatable bonds is 8. The second kappa shape index (κ2) is 9.07. The molecule has 1 atom stereocenters. The fourth-order valence-corrected chi connectivity index (χ4v) is 3.30. The van der Waals surface area contributed by atoms with Crippen molar-refractivity contribution in [2.75, 3.05) is 12.4 Å². The summed E-state index contributed by atoms with van der Waals surface area (Å²) >= 11 is 1.34. The van der Waals surface area contributed by atoms with E-state index in [4.69, 9.17) is 4.74 Å². The number of tetrazole rings is 1. The molecule has 0 aliphatic rings. The van der Waals surface area contributed by atoms with Gasteiger partial charge >= 0.3 is 0 Å². The van der Waals surface area contributed by atoms with E-state index in [0.29, 0.717) is 16.5 Å². The lowest BCUT2D eigenvalue weighted by molar-refractivity contribution is 0.0386. The van der Waals surface area contributed by atoms with Crippen LogP contribution in [0.25, 0.3) is 5.69 Å². The van der Waals surface area contributed by atoms with Gasteiger partial charge in [0.15, 0.2) is 0 Å². The zero-order chi connectivity index (χ0) is 19.2. The van der Waals surface area contributed by atoms with Crippen LogP contribution in [0.4, 0.5) is 4.39 Å². The van der Waals surface area contributed by atoms with Gasteiger partial charge < -0.3 is 9.84 Å². The zero-order valence-corrected chi connectivity index (χ0v) is 16.0. The Bertz CT molecular complexity index is 903. The fourth-order valence-electron chi connectivity index (χ4n) is 2.51. The van der Waals surface area contributed by atoms with Crippen LogP contribution in [-0.4, -0.2) is 43.8 Å². The minimum absolute atomic E-state index is 0.104. The number of benzene rings is 2. The van der Waals surface area contributed by atoms with E-state index in [0.717, 1.165) is 16.8 Å². The summed E-state index contributed by atoms with van der Waals surface area (Å²) < 4.78 is 20.6. The Hall–Kier alpha value is -2.29. The van der Waals surface area contributed by atoms with Crippen molar-refractivity contribution in [3.63, 3.8) is 0 Å². The van der Waals surface area contributed by atoms with E-state index in [1.54, 1.807) is 22.9 Å².